The van der Waals surface area contributed by atoms with E-state index in [1.807, 2.05) is 32.0 Å². The molecule has 10 heteroatoms. The van der Waals surface area contributed by atoms with Gasteiger partial charge in [0.05, 0.1) is 23.8 Å². The van der Waals surface area contributed by atoms with Crippen molar-refractivity contribution >= 4 is 45.6 Å². The Hall–Kier alpha value is -4.60. The van der Waals surface area contributed by atoms with Gasteiger partial charge in [-0.25, -0.2) is 0 Å². The van der Waals surface area contributed by atoms with Crippen molar-refractivity contribution in [2.24, 2.45) is 0 Å². The molecule has 3 aliphatic rings. The molecule has 0 fully saturated rings. The van der Waals surface area contributed by atoms with Crippen molar-refractivity contribution in [2.45, 2.75) is 83.5 Å². The predicted molar refractivity (Wildman–Crippen MR) is 164 cm³/mol. The third-order valence-corrected chi connectivity index (χ3v) is 9.68. The number of hydrogen-bond acceptors (Lipinski definition) is 7. The molecule has 10 nitrogen and oxygen atoms in total. The summed E-state index contributed by atoms with van der Waals surface area (Å²) in [7, 11) is 1.25. The molecule has 228 valence electrons. The summed E-state index contributed by atoms with van der Waals surface area (Å²) >= 11 is 0. The van der Waals surface area contributed by atoms with Gasteiger partial charge in [-0.15, -0.1) is 0 Å². The van der Waals surface area contributed by atoms with Crippen LogP contribution < -0.4 is 0 Å². The standard InChI is InChI=1S/C34H36N4O6/c1-7-19-14(2)22-13-26-28(17(5)39)16(4)24(37-26)12-23-15(3)20(8-9-27(40)41)31(38-23)29-30(34(43)44-6)33(42)21-10-18(35-32(21)29)11-25(19)36-22/h10-15,19-20,30,35,37H,7-9H2,1-6H3,(H,40,41)/t14?,15?,19?,20-,30?/m0/s1. The molecule has 44 heavy (non-hydrogen) atoms. The van der Waals surface area contributed by atoms with Gasteiger partial charge < -0.3 is 19.8 Å². The molecule has 0 spiro atoms. The first-order valence-corrected chi connectivity index (χ1v) is 15.1. The third-order valence-electron chi connectivity index (χ3n) is 9.68. The smallest absolute Gasteiger partial charge is 0.321 e. The molecule has 2 aliphatic heterocycles. The van der Waals surface area contributed by atoms with E-state index in [1.165, 1.54) is 7.11 Å². The number of carbonyl (C=O) groups excluding carboxylic acids is 3. The van der Waals surface area contributed by atoms with Crippen LogP contribution in [0.3, 0.4) is 0 Å². The van der Waals surface area contributed by atoms with Gasteiger partial charge in [0, 0.05) is 74.9 Å². The highest BCUT2D eigenvalue weighted by Gasteiger charge is 2.44. The second-order valence-corrected chi connectivity index (χ2v) is 12.2. The molecule has 5 atom stereocenters. The Labute approximate surface area is 254 Å². The molecular weight excluding hydrogens is 560 g/mol. The highest BCUT2D eigenvalue weighted by atomic mass is 16.5. The summed E-state index contributed by atoms with van der Waals surface area (Å²) in [6.07, 6.45) is 1.00. The van der Waals surface area contributed by atoms with Gasteiger partial charge in [-0.1, -0.05) is 20.8 Å². The van der Waals surface area contributed by atoms with E-state index in [9.17, 15) is 24.3 Å². The lowest BCUT2D eigenvalue weighted by Crippen LogP contribution is -2.21. The number of ether oxygens (including phenoxy) is 1. The van der Waals surface area contributed by atoms with Crippen molar-refractivity contribution in [2.75, 3.05) is 7.11 Å². The SMILES string of the molecule is CCC1c2cc3cc4c([nH]3)c(c3nc(cc5[nH]c(cc(n2)C1C)c(C(C)=O)c5C)C(C)[C@@H]3CCC(=O)O)C(C(=O)OC)C4=O. The van der Waals surface area contributed by atoms with E-state index in [-0.39, 0.29) is 48.1 Å². The van der Waals surface area contributed by atoms with E-state index in [0.717, 1.165) is 23.4 Å². The maximum absolute atomic E-state index is 13.8. The van der Waals surface area contributed by atoms with E-state index in [0.29, 0.717) is 50.1 Å². The number of nitrogens with one attached hydrogen (secondary N) is 2. The van der Waals surface area contributed by atoms with Crippen LogP contribution in [0.2, 0.25) is 0 Å². The fourth-order valence-electron chi connectivity index (χ4n) is 7.33. The first kappa shape index (κ1) is 29.5. The third kappa shape index (κ3) is 4.55. The number of hydrogen-bond donors (Lipinski definition) is 3. The Morgan fingerprint density at radius 1 is 0.955 bits per heavy atom. The van der Waals surface area contributed by atoms with Crippen molar-refractivity contribution in [3.63, 3.8) is 0 Å². The second kappa shape index (κ2) is 10.8. The van der Waals surface area contributed by atoms with Crippen molar-refractivity contribution in [1.29, 1.82) is 0 Å². The first-order chi connectivity index (χ1) is 20.9. The fourth-order valence-corrected chi connectivity index (χ4v) is 7.33. The Morgan fingerprint density at radius 2 is 1.64 bits per heavy atom. The number of esters is 1. The van der Waals surface area contributed by atoms with Gasteiger partial charge in [0.1, 0.15) is 5.92 Å². The minimum Gasteiger partial charge on any atom is -0.481 e. The first-order valence-electron chi connectivity index (χ1n) is 15.1. The van der Waals surface area contributed by atoms with Crippen LogP contribution in [0.1, 0.15) is 131 Å². The van der Waals surface area contributed by atoms with Crippen LogP contribution in [0, 0.1) is 6.92 Å². The second-order valence-electron chi connectivity index (χ2n) is 12.2. The summed E-state index contributed by atoms with van der Waals surface area (Å²) in [6.45, 7) is 9.64. The highest BCUT2D eigenvalue weighted by molar-refractivity contribution is 6.22. The normalized spacial score (nSPS) is 22.3. The summed E-state index contributed by atoms with van der Waals surface area (Å²) in [5.41, 5.74) is 7.62. The van der Waals surface area contributed by atoms with E-state index in [4.69, 9.17) is 14.7 Å². The lowest BCUT2D eigenvalue weighted by molar-refractivity contribution is -0.141. The maximum Gasteiger partial charge on any atom is 0.321 e. The zero-order valence-electron chi connectivity index (χ0n) is 25.7. The highest BCUT2D eigenvalue weighted by Crippen LogP contribution is 2.47. The van der Waals surface area contributed by atoms with Crippen LogP contribution in [0.15, 0.2) is 24.3 Å². The Bertz CT molecular complexity index is 1920. The number of carboxylic acids is 1. The van der Waals surface area contributed by atoms with Crippen molar-refractivity contribution in [3.05, 3.63) is 69.3 Å². The molecule has 4 unspecified atom stereocenters. The summed E-state index contributed by atoms with van der Waals surface area (Å²) in [6, 6.07) is 7.54. The monoisotopic (exact) mass is 596 g/mol. The Balaban J connectivity index is 1.78. The number of nitrogens with zero attached hydrogens (tertiary/aromatic N) is 2. The number of Topliss-reactive ketones (excluding diaryl/α,β-unsaturated/α-hetero) is 2. The van der Waals surface area contributed by atoms with Gasteiger partial charge >= 0.3 is 11.9 Å². The largest absolute Gasteiger partial charge is 0.481 e. The Kier molecular flexibility index (Phi) is 7.26. The quantitative estimate of drug-likeness (QED) is 0.169. The van der Waals surface area contributed by atoms with E-state index < -0.39 is 17.9 Å². The molecule has 5 heterocycles. The molecule has 6 rings (SSSR count). The average Bonchev–Trinajstić information content (AvgIpc) is 3.73. The van der Waals surface area contributed by atoms with E-state index in [2.05, 4.69) is 23.8 Å². The lowest BCUT2D eigenvalue weighted by Gasteiger charge is -2.18. The fraction of sp³-hybridized carbons (Fsp3) is 0.412. The molecule has 3 aromatic rings. The van der Waals surface area contributed by atoms with Crippen LogP contribution in [0.4, 0.5) is 0 Å². The molecule has 1 aliphatic carbocycles. The van der Waals surface area contributed by atoms with Gasteiger partial charge in [0.25, 0.3) is 0 Å². The molecule has 0 saturated carbocycles. The molecule has 3 aromatic heterocycles. The molecular formula is C34H36N4O6. The zero-order valence-corrected chi connectivity index (χ0v) is 25.7. The van der Waals surface area contributed by atoms with Crippen LogP contribution in [0.25, 0.3) is 22.1 Å². The summed E-state index contributed by atoms with van der Waals surface area (Å²) in [4.78, 5) is 68.3. The van der Waals surface area contributed by atoms with Crippen LogP contribution in [-0.2, 0) is 14.3 Å². The number of rotatable bonds is 6. The van der Waals surface area contributed by atoms with Crippen molar-refractivity contribution < 1.29 is 29.0 Å². The van der Waals surface area contributed by atoms with E-state index >= 15 is 0 Å². The number of fused-ring (bicyclic) bond motifs is 8. The lowest BCUT2D eigenvalue weighted by atomic mass is 9.84. The predicted octanol–water partition coefficient (Wildman–Crippen LogP) is 6.33. The van der Waals surface area contributed by atoms with Gasteiger partial charge in [-0.2, -0.15) is 0 Å². The topological polar surface area (TPSA) is 155 Å². The number of ketones is 2. The number of methoxy groups -OCH3 is 1. The number of aryl methyl sites for hydroxylation is 1. The van der Waals surface area contributed by atoms with Gasteiger partial charge in [-0.3, -0.25) is 29.1 Å². The number of carboxylic acid groups (broad SMARTS) is 1. The summed E-state index contributed by atoms with van der Waals surface area (Å²) < 4.78 is 5.09. The van der Waals surface area contributed by atoms with Gasteiger partial charge in [0.2, 0.25) is 0 Å². The maximum atomic E-state index is 13.8. The van der Waals surface area contributed by atoms with Crippen LogP contribution in [0.5, 0.6) is 0 Å². The van der Waals surface area contributed by atoms with Crippen LogP contribution >= 0.6 is 0 Å². The molecule has 0 aromatic carbocycles. The van der Waals surface area contributed by atoms with E-state index in [1.54, 1.807) is 13.0 Å². The zero-order chi connectivity index (χ0) is 31.6. The van der Waals surface area contributed by atoms with Gasteiger partial charge in [-0.05, 0) is 56.5 Å². The van der Waals surface area contributed by atoms with Gasteiger partial charge in [0.15, 0.2) is 11.6 Å². The molecule has 0 amide bonds. The number of aromatic amines is 2. The number of carbonyl (C=O) groups is 4. The minimum atomic E-state index is -1.21. The van der Waals surface area contributed by atoms with Crippen molar-refractivity contribution in [3.8, 4) is 0 Å². The number of H-pyrrole nitrogens is 2. The molecule has 0 radical (unpaired) electrons. The summed E-state index contributed by atoms with van der Waals surface area (Å²) in [5, 5.41) is 9.57. The minimum absolute atomic E-state index is 0.0725. The van der Waals surface area contributed by atoms with Crippen molar-refractivity contribution in [1.82, 2.24) is 19.9 Å². The average molecular weight is 597 g/mol. The molecule has 0 saturated heterocycles. The number of aliphatic carboxylic acids is 1. The molecule has 8 bridgehead atoms. The number of aromatic nitrogens is 4. The Morgan fingerprint density at radius 3 is 2.30 bits per heavy atom. The summed E-state index contributed by atoms with van der Waals surface area (Å²) in [5.74, 6) is -3.69. The van der Waals surface area contributed by atoms with Crippen LogP contribution in [-0.4, -0.2) is 55.7 Å². The molecule has 3 N–H and O–H groups in total.